The normalized spacial score (nSPS) is 11.3. The lowest BCUT2D eigenvalue weighted by Crippen LogP contribution is -2.13. The first-order valence-electron chi connectivity index (χ1n) is 4.05. The third kappa shape index (κ3) is 2.84. The molecule has 1 aromatic carbocycles. The molecule has 0 radical (unpaired) electrons. The van der Waals surface area contributed by atoms with Crippen molar-refractivity contribution in [1.82, 2.24) is 0 Å². The largest absolute Gasteiger partial charge is 0.488 e. The second-order valence-corrected chi connectivity index (χ2v) is 2.97. The molecule has 0 heterocycles. The van der Waals surface area contributed by atoms with E-state index in [0.29, 0.717) is 0 Å². The molecule has 0 aliphatic heterocycles. The molecule has 6 heteroatoms. The van der Waals surface area contributed by atoms with Gasteiger partial charge in [0.05, 0.1) is 5.56 Å². The maximum atomic E-state index is 12.2. The van der Waals surface area contributed by atoms with Gasteiger partial charge in [-0.3, -0.25) is 0 Å². The number of hydrogen-bond donors (Lipinski definition) is 2. The van der Waals surface area contributed by atoms with Crippen LogP contribution in [-0.4, -0.2) is 17.2 Å². The molecule has 0 amide bonds. The van der Waals surface area contributed by atoms with Gasteiger partial charge in [-0.15, -0.1) is 0 Å². The van der Waals surface area contributed by atoms with E-state index < -0.39 is 18.9 Å². The Hall–Kier alpha value is -1.27. The van der Waals surface area contributed by atoms with Crippen molar-refractivity contribution in [2.45, 2.75) is 6.18 Å². The van der Waals surface area contributed by atoms with Gasteiger partial charge >= 0.3 is 13.3 Å². The fourth-order valence-corrected chi connectivity index (χ4v) is 1.02. The minimum atomic E-state index is -4.39. The van der Waals surface area contributed by atoms with E-state index in [1.165, 1.54) is 0 Å². The van der Waals surface area contributed by atoms with Crippen molar-refractivity contribution in [1.29, 1.82) is 0 Å². The number of alkyl halides is 3. The molecule has 0 aliphatic carbocycles. The fourth-order valence-electron chi connectivity index (χ4n) is 1.02. The van der Waals surface area contributed by atoms with E-state index in [2.05, 4.69) is 6.58 Å². The van der Waals surface area contributed by atoms with Gasteiger partial charge in [0.25, 0.3) is 0 Å². The number of benzene rings is 1. The summed E-state index contributed by atoms with van der Waals surface area (Å²) < 4.78 is 36.5. The van der Waals surface area contributed by atoms with Crippen molar-refractivity contribution in [3.8, 4) is 0 Å². The monoisotopic (exact) mass is 216 g/mol. The Morgan fingerprint density at radius 2 is 1.60 bits per heavy atom. The summed E-state index contributed by atoms with van der Waals surface area (Å²) in [6.45, 7) is 3.34. The van der Waals surface area contributed by atoms with Crippen molar-refractivity contribution in [3.05, 3.63) is 42.0 Å². The zero-order valence-electron chi connectivity index (χ0n) is 7.62. The summed E-state index contributed by atoms with van der Waals surface area (Å²) in [5, 5.41) is 17.5. The summed E-state index contributed by atoms with van der Waals surface area (Å²) in [6.07, 6.45) is -4.39. The first-order chi connectivity index (χ1) is 6.82. The molecular weight excluding hydrogens is 208 g/mol. The zero-order valence-corrected chi connectivity index (χ0v) is 7.62. The summed E-state index contributed by atoms with van der Waals surface area (Å²) in [5.41, 5.74) is -0.562. The lowest BCUT2D eigenvalue weighted by atomic mass is 9.76. The number of halogens is 3. The highest BCUT2D eigenvalue weighted by molar-refractivity contribution is 6.65. The van der Waals surface area contributed by atoms with Crippen LogP contribution in [0.1, 0.15) is 11.1 Å². The summed E-state index contributed by atoms with van der Waals surface area (Å²) in [6, 6.07) is 4.01. The van der Waals surface area contributed by atoms with Crippen LogP contribution in [0.2, 0.25) is 0 Å². The highest BCUT2D eigenvalue weighted by atomic mass is 19.4. The average molecular weight is 216 g/mol. The molecule has 0 aromatic heterocycles. The lowest BCUT2D eigenvalue weighted by molar-refractivity contribution is -0.137. The van der Waals surface area contributed by atoms with Crippen molar-refractivity contribution in [2.75, 3.05) is 0 Å². The van der Waals surface area contributed by atoms with E-state index in [1.54, 1.807) is 0 Å². The van der Waals surface area contributed by atoms with E-state index >= 15 is 0 Å². The third-order valence-corrected chi connectivity index (χ3v) is 1.89. The van der Waals surface area contributed by atoms with Crippen LogP contribution in [0.25, 0.3) is 5.47 Å². The molecule has 0 fully saturated rings. The van der Waals surface area contributed by atoms with Gasteiger partial charge in [-0.05, 0) is 23.2 Å². The van der Waals surface area contributed by atoms with Crippen molar-refractivity contribution < 1.29 is 23.2 Å². The van der Waals surface area contributed by atoms with Crippen LogP contribution in [0, 0.1) is 0 Å². The topological polar surface area (TPSA) is 40.5 Å². The van der Waals surface area contributed by atoms with E-state index in [0.717, 1.165) is 24.3 Å². The molecule has 2 nitrogen and oxygen atoms in total. The van der Waals surface area contributed by atoms with Gasteiger partial charge in [-0.25, -0.2) is 0 Å². The van der Waals surface area contributed by atoms with Crippen LogP contribution in [0.15, 0.2) is 30.8 Å². The van der Waals surface area contributed by atoms with Gasteiger partial charge in [-0.1, -0.05) is 18.7 Å². The summed E-state index contributed by atoms with van der Waals surface area (Å²) >= 11 is 0. The van der Waals surface area contributed by atoms with E-state index in [9.17, 15) is 13.2 Å². The van der Waals surface area contributed by atoms with Crippen LogP contribution in [0.3, 0.4) is 0 Å². The second kappa shape index (κ2) is 4.08. The zero-order chi connectivity index (χ0) is 11.6. The molecule has 0 saturated carbocycles. The molecule has 0 saturated heterocycles. The maximum Gasteiger partial charge on any atom is 0.488 e. The molecule has 1 rings (SSSR count). The predicted molar refractivity (Wildman–Crippen MR) is 50.7 cm³/mol. The number of rotatable bonds is 2. The molecule has 15 heavy (non-hydrogen) atoms. The molecule has 0 spiro atoms. The van der Waals surface area contributed by atoms with E-state index in [1.807, 2.05) is 0 Å². The van der Waals surface area contributed by atoms with Crippen LogP contribution < -0.4 is 0 Å². The Balaban J connectivity index is 2.96. The Labute approximate surface area is 84.8 Å². The first-order valence-corrected chi connectivity index (χ1v) is 4.05. The standard InChI is InChI=1S/C9H8BF3O2/c1-6(10(14)15)7-2-4-8(5-3-7)9(11,12)13/h2-5,14-15H,1H2. The predicted octanol–water partition coefficient (Wildman–Crippen LogP) is 1.73. The van der Waals surface area contributed by atoms with Gasteiger partial charge < -0.3 is 10.0 Å². The summed E-state index contributed by atoms with van der Waals surface area (Å²) in [4.78, 5) is 0. The van der Waals surface area contributed by atoms with Crippen molar-refractivity contribution >= 4 is 12.6 Å². The van der Waals surface area contributed by atoms with Crippen LogP contribution >= 0.6 is 0 Å². The van der Waals surface area contributed by atoms with Gasteiger partial charge in [0.2, 0.25) is 0 Å². The Bertz CT molecular complexity index is 357. The van der Waals surface area contributed by atoms with Crippen molar-refractivity contribution in [3.63, 3.8) is 0 Å². The lowest BCUT2D eigenvalue weighted by Gasteiger charge is -2.08. The molecule has 0 bridgehead atoms. The van der Waals surface area contributed by atoms with Gasteiger partial charge in [0.1, 0.15) is 0 Å². The molecular formula is C9H8BF3O2. The molecule has 0 unspecified atom stereocenters. The molecule has 2 N–H and O–H groups in total. The van der Waals surface area contributed by atoms with Crippen LogP contribution in [0.4, 0.5) is 13.2 Å². The fraction of sp³-hybridized carbons (Fsp3) is 0.111. The Morgan fingerprint density at radius 1 is 1.13 bits per heavy atom. The minimum Gasteiger partial charge on any atom is -0.423 e. The first kappa shape index (κ1) is 11.8. The quantitative estimate of drug-likeness (QED) is 0.739. The Kier molecular flexibility index (Phi) is 3.21. The van der Waals surface area contributed by atoms with Gasteiger partial charge in [0, 0.05) is 0 Å². The SMILES string of the molecule is C=C(B(O)O)c1ccc(C(F)(F)F)cc1. The Morgan fingerprint density at radius 3 is 1.93 bits per heavy atom. The van der Waals surface area contributed by atoms with Crippen LogP contribution in [-0.2, 0) is 6.18 Å². The highest BCUT2D eigenvalue weighted by Crippen LogP contribution is 2.29. The maximum absolute atomic E-state index is 12.2. The van der Waals surface area contributed by atoms with Gasteiger partial charge in [-0.2, -0.15) is 13.2 Å². The molecule has 1 aromatic rings. The van der Waals surface area contributed by atoms with Gasteiger partial charge in [0.15, 0.2) is 0 Å². The molecule has 80 valence electrons. The highest BCUT2D eigenvalue weighted by Gasteiger charge is 2.30. The average Bonchev–Trinajstić information content (AvgIpc) is 2.15. The smallest absolute Gasteiger partial charge is 0.423 e. The van der Waals surface area contributed by atoms with Crippen molar-refractivity contribution in [2.24, 2.45) is 0 Å². The summed E-state index contributed by atoms with van der Waals surface area (Å²) in [7, 11) is -1.76. The van der Waals surface area contributed by atoms with E-state index in [4.69, 9.17) is 10.0 Å². The molecule has 0 aliphatic rings. The minimum absolute atomic E-state index is 0.0382. The van der Waals surface area contributed by atoms with Crippen LogP contribution in [0.5, 0.6) is 0 Å². The third-order valence-electron chi connectivity index (χ3n) is 1.89. The second-order valence-electron chi connectivity index (χ2n) is 2.97. The van der Waals surface area contributed by atoms with E-state index in [-0.39, 0.29) is 11.0 Å². The summed E-state index contributed by atoms with van der Waals surface area (Å²) in [5.74, 6) is 0. The number of hydrogen-bond acceptors (Lipinski definition) is 2. The molecule has 0 atom stereocenters.